The quantitative estimate of drug-likeness (QED) is 0.663. The molecule has 0 aliphatic carbocycles. The Morgan fingerprint density at radius 3 is 2.28 bits per heavy atom. The highest BCUT2D eigenvalue weighted by Crippen LogP contribution is 2.22. The number of benzene rings is 2. The number of aromatic nitrogens is 2. The van der Waals surface area contributed by atoms with Gasteiger partial charge in [0.2, 0.25) is 5.95 Å². The van der Waals surface area contributed by atoms with Crippen LogP contribution in [-0.2, 0) is 6.54 Å². The van der Waals surface area contributed by atoms with Crippen LogP contribution in [0.2, 0.25) is 0 Å². The average Bonchev–Trinajstić information content (AvgIpc) is 3.29. The second-order valence-electron chi connectivity index (χ2n) is 6.97. The van der Waals surface area contributed by atoms with E-state index in [0.29, 0.717) is 18.1 Å². The largest absolute Gasteiger partial charge is 0.372 e. The minimum absolute atomic E-state index is 0.260. The van der Waals surface area contributed by atoms with Crippen molar-refractivity contribution < 1.29 is 9.18 Å². The molecule has 0 unspecified atom stereocenters. The summed E-state index contributed by atoms with van der Waals surface area (Å²) in [5, 5.41) is 5.91. The van der Waals surface area contributed by atoms with E-state index in [4.69, 9.17) is 0 Å². The first-order valence-electron chi connectivity index (χ1n) is 9.64. The number of halogens is 1. The summed E-state index contributed by atoms with van der Waals surface area (Å²) in [5.41, 5.74) is 3.20. The summed E-state index contributed by atoms with van der Waals surface area (Å²) in [7, 11) is 0. The molecule has 3 aromatic rings. The van der Waals surface area contributed by atoms with Crippen LogP contribution in [0, 0.1) is 5.82 Å². The van der Waals surface area contributed by atoms with Gasteiger partial charge in [0.15, 0.2) is 0 Å². The minimum atomic E-state index is -0.272. The van der Waals surface area contributed by atoms with Crippen molar-refractivity contribution >= 4 is 23.2 Å². The predicted molar refractivity (Wildman–Crippen MR) is 112 cm³/mol. The molecule has 0 bridgehead atoms. The molecule has 2 heterocycles. The van der Waals surface area contributed by atoms with Crippen molar-refractivity contribution in [2.75, 3.05) is 28.6 Å². The predicted octanol–water partition coefficient (Wildman–Crippen LogP) is 4.08. The molecule has 148 valence electrons. The summed E-state index contributed by atoms with van der Waals surface area (Å²) in [6.07, 6.45) is 5.42. The first kappa shape index (κ1) is 18.9. The van der Waals surface area contributed by atoms with Gasteiger partial charge in [0.05, 0.1) is 5.56 Å². The number of amides is 1. The summed E-state index contributed by atoms with van der Waals surface area (Å²) in [6.45, 7) is 2.64. The molecule has 1 aromatic heterocycles. The van der Waals surface area contributed by atoms with Crippen molar-refractivity contribution in [2.45, 2.75) is 19.4 Å². The molecular formula is C22H22FN5O. The van der Waals surface area contributed by atoms with Gasteiger partial charge in [0.1, 0.15) is 5.82 Å². The maximum atomic E-state index is 12.9. The fourth-order valence-corrected chi connectivity index (χ4v) is 3.25. The van der Waals surface area contributed by atoms with Crippen LogP contribution in [0.5, 0.6) is 0 Å². The van der Waals surface area contributed by atoms with Crippen LogP contribution >= 0.6 is 0 Å². The lowest BCUT2D eigenvalue weighted by molar-refractivity contribution is 0.102. The van der Waals surface area contributed by atoms with Crippen molar-refractivity contribution in [1.82, 2.24) is 9.97 Å². The number of nitrogens with one attached hydrogen (secondary N) is 2. The summed E-state index contributed by atoms with van der Waals surface area (Å²) >= 11 is 0. The van der Waals surface area contributed by atoms with Gasteiger partial charge in [-0.15, -0.1) is 0 Å². The van der Waals surface area contributed by atoms with Crippen LogP contribution in [0.1, 0.15) is 28.8 Å². The average molecular weight is 391 g/mol. The lowest BCUT2D eigenvalue weighted by Gasteiger charge is -2.17. The molecule has 1 fully saturated rings. The molecule has 0 atom stereocenters. The highest BCUT2D eigenvalue weighted by molar-refractivity contribution is 6.03. The van der Waals surface area contributed by atoms with Gasteiger partial charge in [0, 0.05) is 43.4 Å². The lowest BCUT2D eigenvalue weighted by Crippen LogP contribution is -2.17. The number of rotatable bonds is 6. The number of carbonyl (C=O) groups excluding carboxylic acids is 1. The molecule has 0 spiro atoms. The van der Waals surface area contributed by atoms with Crippen LogP contribution in [0.4, 0.5) is 21.7 Å². The first-order chi connectivity index (χ1) is 14.2. The highest BCUT2D eigenvalue weighted by atomic mass is 19.1. The minimum Gasteiger partial charge on any atom is -0.372 e. The zero-order valence-corrected chi connectivity index (χ0v) is 15.9. The molecule has 1 amide bonds. The molecule has 2 aromatic carbocycles. The normalized spacial score (nSPS) is 13.3. The van der Waals surface area contributed by atoms with E-state index in [1.54, 1.807) is 12.1 Å². The molecular weight excluding hydrogens is 369 g/mol. The van der Waals surface area contributed by atoms with Crippen molar-refractivity contribution in [2.24, 2.45) is 0 Å². The molecule has 0 saturated carbocycles. The fraction of sp³-hybridized carbons (Fsp3) is 0.227. The maximum Gasteiger partial charge on any atom is 0.258 e. The van der Waals surface area contributed by atoms with E-state index in [1.807, 2.05) is 24.3 Å². The summed E-state index contributed by atoms with van der Waals surface area (Å²) in [4.78, 5) is 23.1. The highest BCUT2D eigenvalue weighted by Gasteiger charge is 2.12. The van der Waals surface area contributed by atoms with Crippen molar-refractivity contribution in [3.8, 4) is 0 Å². The van der Waals surface area contributed by atoms with Gasteiger partial charge < -0.3 is 15.5 Å². The van der Waals surface area contributed by atoms with Crippen LogP contribution < -0.4 is 15.5 Å². The van der Waals surface area contributed by atoms with Gasteiger partial charge in [-0.25, -0.2) is 14.4 Å². The standard InChI is InChI=1S/C22H22FN5O/c23-18-5-3-16(4-6-18)13-24-22-25-14-17(15-26-22)21(29)27-19-7-9-20(10-8-19)28-11-1-2-12-28/h3-10,14-15H,1-2,11-13H2,(H,27,29)(H,24,25,26). The Bertz CT molecular complexity index is 952. The summed E-state index contributed by atoms with van der Waals surface area (Å²) in [6, 6.07) is 14.1. The summed E-state index contributed by atoms with van der Waals surface area (Å²) < 4.78 is 12.9. The van der Waals surface area contributed by atoms with E-state index < -0.39 is 0 Å². The van der Waals surface area contributed by atoms with Crippen LogP contribution in [0.15, 0.2) is 60.9 Å². The van der Waals surface area contributed by atoms with Crippen molar-refractivity contribution in [3.05, 3.63) is 77.9 Å². The second-order valence-corrected chi connectivity index (χ2v) is 6.97. The first-order valence-corrected chi connectivity index (χ1v) is 9.64. The van der Waals surface area contributed by atoms with E-state index in [-0.39, 0.29) is 11.7 Å². The third-order valence-corrected chi connectivity index (χ3v) is 4.87. The van der Waals surface area contributed by atoms with E-state index >= 15 is 0 Å². The second kappa shape index (κ2) is 8.68. The smallest absolute Gasteiger partial charge is 0.258 e. The van der Waals surface area contributed by atoms with Crippen molar-refractivity contribution in [1.29, 1.82) is 0 Å². The zero-order valence-electron chi connectivity index (χ0n) is 15.9. The maximum absolute atomic E-state index is 12.9. The van der Waals surface area contributed by atoms with Crippen LogP contribution in [0.25, 0.3) is 0 Å². The molecule has 6 nitrogen and oxygen atoms in total. The molecule has 0 radical (unpaired) electrons. The molecule has 7 heteroatoms. The molecule has 2 N–H and O–H groups in total. The van der Waals surface area contributed by atoms with Crippen LogP contribution in [-0.4, -0.2) is 29.0 Å². The number of nitrogens with zero attached hydrogens (tertiary/aromatic N) is 3. The molecule has 1 aliphatic heterocycles. The Morgan fingerprint density at radius 1 is 0.966 bits per heavy atom. The third kappa shape index (κ3) is 4.87. The van der Waals surface area contributed by atoms with Crippen molar-refractivity contribution in [3.63, 3.8) is 0 Å². The topological polar surface area (TPSA) is 70.2 Å². The number of carbonyl (C=O) groups is 1. The Balaban J connectivity index is 1.32. The van der Waals surface area contributed by atoms with E-state index in [0.717, 1.165) is 24.3 Å². The Kier molecular flexibility index (Phi) is 5.65. The van der Waals surface area contributed by atoms with Gasteiger partial charge in [-0.2, -0.15) is 0 Å². The Hall–Kier alpha value is -3.48. The molecule has 4 rings (SSSR count). The van der Waals surface area contributed by atoms with E-state index in [2.05, 4.69) is 25.5 Å². The van der Waals surface area contributed by atoms with Crippen LogP contribution in [0.3, 0.4) is 0 Å². The molecule has 29 heavy (non-hydrogen) atoms. The molecule has 1 aliphatic rings. The number of anilines is 3. The Labute approximate surface area is 168 Å². The zero-order chi connectivity index (χ0) is 20.1. The SMILES string of the molecule is O=C(Nc1ccc(N2CCCC2)cc1)c1cnc(NCc2ccc(F)cc2)nc1. The summed E-state index contributed by atoms with van der Waals surface area (Å²) in [5.74, 6) is -0.129. The Morgan fingerprint density at radius 2 is 1.62 bits per heavy atom. The van der Waals surface area contributed by atoms with Gasteiger partial charge in [-0.05, 0) is 54.8 Å². The van der Waals surface area contributed by atoms with Gasteiger partial charge in [-0.3, -0.25) is 4.79 Å². The van der Waals surface area contributed by atoms with Gasteiger partial charge in [-0.1, -0.05) is 12.1 Å². The van der Waals surface area contributed by atoms with Gasteiger partial charge in [0.25, 0.3) is 5.91 Å². The number of hydrogen-bond donors (Lipinski definition) is 2. The van der Waals surface area contributed by atoms with E-state index in [9.17, 15) is 9.18 Å². The molecule has 1 saturated heterocycles. The third-order valence-electron chi connectivity index (χ3n) is 4.87. The fourth-order valence-electron chi connectivity index (χ4n) is 3.25. The van der Waals surface area contributed by atoms with Gasteiger partial charge >= 0.3 is 0 Å². The number of hydrogen-bond acceptors (Lipinski definition) is 5. The lowest BCUT2D eigenvalue weighted by atomic mass is 10.2. The van der Waals surface area contributed by atoms with E-state index in [1.165, 1.54) is 43.1 Å². The monoisotopic (exact) mass is 391 g/mol.